The summed E-state index contributed by atoms with van der Waals surface area (Å²) >= 11 is 5.36. The molecular weight excluding hydrogens is 180 g/mol. The van der Waals surface area contributed by atoms with E-state index in [1.807, 2.05) is 0 Å². The molecule has 0 atom stereocenters. The van der Waals surface area contributed by atoms with Crippen molar-refractivity contribution in [1.29, 1.82) is 0 Å². The Bertz CT molecular complexity index is 391. The number of halogens is 1. The normalized spacial score (nSPS) is 10.8. The Morgan fingerprint density at radius 1 is 1.42 bits per heavy atom. The van der Waals surface area contributed by atoms with Crippen LogP contribution in [0.4, 0.5) is 0 Å². The van der Waals surface area contributed by atoms with Crippen LogP contribution >= 0.6 is 11.6 Å². The van der Waals surface area contributed by atoms with Gasteiger partial charge in [-0.2, -0.15) is 0 Å². The van der Waals surface area contributed by atoms with Gasteiger partial charge in [0.25, 0.3) is 11.1 Å². The van der Waals surface area contributed by atoms with Gasteiger partial charge in [0.1, 0.15) is 0 Å². The van der Waals surface area contributed by atoms with Crippen molar-refractivity contribution in [1.82, 2.24) is 10.2 Å². The van der Waals surface area contributed by atoms with E-state index in [-0.39, 0.29) is 11.1 Å². The van der Waals surface area contributed by atoms with E-state index in [2.05, 4.69) is 10.2 Å². The van der Waals surface area contributed by atoms with Crippen molar-refractivity contribution in [2.75, 3.05) is 5.88 Å². The van der Waals surface area contributed by atoms with Crippen molar-refractivity contribution in [3.63, 3.8) is 0 Å². The molecule has 0 bridgehead atoms. The van der Waals surface area contributed by atoms with Crippen LogP contribution in [0.5, 0.6) is 0 Å². The first kappa shape index (κ1) is 8.80. The number of alkyl halides is 1. The van der Waals surface area contributed by atoms with E-state index in [1.165, 1.54) is 12.1 Å². The molecule has 1 rings (SSSR count). The molecule has 1 heterocycles. The van der Waals surface area contributed by atoms with E-state index >= 15 is 0 Å². The molecule has 0 aliphatic carbocycles. The van der Waals surface area contributed by atoms with Crippen LogP contribution in [0.2, 0.25) is 0 Å². The zero-order valence-corrected chi connectivity index (χ0v) is 6.89. The average molecular weight is 187 g/mol. The third kappa shape index (κ3) is 2.10. The molecule has 1 aromatic heterocycles. The maximum Gasteiger partial charge on any atom is 0.269 e. The maximum atomic E-state index is 11.0. The highest BCUT2D eigenvalue weighted by atomic mass is 35.5. The van der Waals surface area contributed by atoms with Gasteiger partial charge in [0, 0.05) is 17.5 Å². The van der Waals surface area contributed by atoms with E-state index < -0.39 is 0 Å². The molecule has 0 radical (unpaired) electrons. The van der Waals surface area contributed by atoms with Crippen molar-refractivity contribution >= 4 is 17.7 Å². The Hall–Kier alpha value is -1.29. The van der Waals surface area contributed by atoms with E-state index in [9.17, 15) is 9.59 Å². The quantitative estimate of drug-likeness (QED) is 0.654. The van der Waals surface area contributed by atoms with Gasteiger partial charge in [-0.3, -0.25) is 19.8 Å². The molecule has 0 fully saturated rings. The fraction of sp³-hybridized carbons (Fsp3) is 0.143. The Morgan fingerprint density at radius 2 is 2.17 bits per heavy atom. The minimum absolute atomic E-state index is 0.305. The Labute approximate surface area is 72.9 Å². The second-order valence-corrected chi connectivity index (χ2v) is 2.41. The summed E-state index contributed by atoms with van der Waals surface area (Å²) in [7, 11) is 0. The lowest BCUT2D eigenvalue weighted by Crippen LogP contribution is -2.19. The molecule has 0 saturated heterocycles. The van der Waals surface area contributed by atoms with E-state index in [4.69, 9.17) is 11.6 Å². The van der Waals surface area contributed by atoms with Crippen molar-refractivity contribution in [3.8, 4) is 0 Å². The number of H-pyrrole nitrogens is 2. The van der Waals surface area contributed by atoms with Crippen LogP contribution in [0, 0.1) is 0 Å². The van der Waals surface area contributed by atoms with Gasteiger partial charge in [-0.15, -0.1) is 11.6 Å². The number of allylic oxidation sites excluding steroid dienone is 1. The number of hydrogen-bond donors (Lipinski definition) is 2. The predicted octanol–water partition coefficient (Wildman–Crippen LogP) is 0.315. The molecule has 0 amide bonds. The summed E-state index contributed by atoms with van der Waals surface area (Å²) < 4.78 is 0. The number of aromatic nitrogens is 2. The van der Waals surface area contributed by atoms with Crippen LogP contribution in [-0.2, 0) is 0 Å². The summed E-state index contributed by atoms with van der Waals surface area (Å²) in [5.41, 5.74) is -0.376. The zero-order chi connectivity index (χ0) is 8.97. The lowest BCUT2D eigenvalue weighted by molar-refractivity contribution is 0.947. The minimum atomic E-state index is -0.344. The van der Waals surface area contributed by atoms with Crippen molar-refractivity contribution in [2.24, 2.45) is 0 Å². The van der Waals surface area contributed by atoms with E-state index in [0.29, 0.717) is 11.4 Å². The van der Waals surface area contributed by atoms with Gasteiger partial charge in [-0.05, 0) is 0 Å². The van der Waals surface area contributed by atoms with Gasteiger partial charge in [-0.25, -0.2) is 0 Å². The van der Waals surface area contributed by atoms with E-state index in [1.54, 1.807) is 6.08 Å². The highest BCUT2D eigenvalue weighted by Gasteiger charge is 1.93. The van der Waals surface area contributed by atoms with Gasteiger partial charge < -0.3 is 0 Å². The predicted molar refractivity (Wildman–Crippen MR) is 47.4 cm³/mol. The van der Waals surface area contributed by atoms with Crippen molar-refractivity contribution < 1.29 is 0 Å². The molecule has 5 heteroatoms. The molecule has 1 aromatic rings. The lowest BCUT2D eigenvalue weighted by Gasteiger charge is -1.88. The van der Waals surface area contributed by atoms with Crippen LogP contribution < -0.4 is 11.1 Å². The summed E-state index contributed by atoms with van der Waals surface area (Å²) in [6.45, 7) is 0. The SMILES string of the molecule is O=c1cc(C=CCCl)c(=O)[nH][nH]1. The van der Waals surface area contributed by atoms with Crippen molar-refractivity contribution in [2.45, 2.75) is 0 Å². The van der Waals surface area contributed by atoms with Crippen LogP contribution in [-0.4, -0.2) is 16.1 Å². The summed E-state index contributed by atoms with van der Waals surface area (Å²) in [6, 6.07) is 1.21. The smallest absolute Gasteiger partial charge is 0.268 e. The lowest BCUT2D eigenvalue weighted by atomic mass is 10.3. The zero-order valence-electron chi connectivity index (χ0n) is 6.13. The fourth-order valence-corrected chi connectivity index (χ4v) is 0.818. The van der Waals surface area contributed by atoms with Gasteiger partial charge in [-0.1, -0.05) is 12.2 Å². The molecule has 12 heavy (non-hydrogen) atoms. The summed E-state index contributed by atoms with van der Waals surface area (Å²) in [4.78, 5) is 21.7. The molecule has 0 aromatic carbocycles. The minimum Gasteiger partial charge on any atom is -0.268 e. The van der Waals surface area contributed by atoms with Crippen LogP contribution in [0.1, 0.15) is 5.56 Å². The Balaban J connectivity index is 3.14. The number of nitrogens with one attached hydrogen (secondary N) is 2. The number of aromatic amines is 2. The molecule has 0 saturated carbocycles. The van der Waals surface area contributed by atoms with Crippen LogP contribution in [0.25, 0.3) is 6.08 Å². The average Bonchev–Trinajstić information content (AvgIpc) is 2.07. The molecule has 0 unspecified atom stereocenters. The van der Waals surface area contributed by atoms with Gasteiger partial charge in [0.05, 0.1) is 0 Å². The molecule has 0 aliphatic heterocycles. The van der Waals surface area contributed by atoms with Crippen molar-refractivity contribution in [3.05, 3.63) is 38.4 Å². The number of rotatable bonds is 2. The van der Waals surface area contributed by atoms with Crippen LogP contribution in [0.15, 0.2) is 21.7 Å². The molecular formula is C7H7ClN2O2. The summed E-state index contributed by atoms with van der Waals surface area (Å²) in [5.74, 6) is 0.312. The third-order valence-corrected chi connectivity index (χ3v) is 1.41. The van der Waals surface area contributed by atoms with Gasteiger partial charge >= 0.3 is 0 Å². The topological polar surface area (TPSA) is 65.7 Å². The monoisotopic (exact) mass is 186 g/mol. The largest absolute Gasteiger partial charge is 0.269 e. The Morgan fingerprint density at radius 3 is 2.83 bits per heavy atom. The molecule has 0 aliphatic rings. The first-order valence-corrected chi connectivity index (χ1v) is 3.82. The first-order valence-electron chi connectivity index (χ1n) is 3.28. The maximum absolute atomic E-state index is 11.0. The molecule has 2 N–H and O–H groups in total. The summed E-state index contributed by atoms with van der Waals surface area (Å²) in [6.07, 6.45) is 3.09. The molecule has 0 spiro atoms. The Kier molecular flexibility index (Phi) is 2.88. The first-order chi connectivity index (χ1) is 5.74. The standard InChI is InChI=1S/C7H7ClN2O2/c8-3-1-2-5-4-6(11)9-10-7(5)12/h1-2,4H,3H2,(H,9,11)(H,10,12). The second-order valence-electron chi connectivity index (χ2n) is 2.10. The van der Waals surface area contributed by atoms with Gasteiger partial charge in [0.2, 0.25) is 0 Å². The molecule has 64 valence electrons. The third-order valence-electron chi connectivity index (χ3n) is 1.23. The number of hydrogen-bond acceptors (Lipinski definition) is 2. The van der Waals surface area contributed by atoms with E-state index in [0.717, 1.165) is 0 Å². The van der Waals surface area contributed by atoms with Crippen LogP contribution in [0.3, 0.4) is 0 Å². The van der Waals surface area contributed by atoms with Gasteiger partial charge in [0.15, 0.2) is 0 Å². The highest BCUT2D eigenvalue weighted by molar-refractivity contribution is 6.19. The molecule has 4 nitrogen and oxygen atoms in total. The fourth-order valence-electron chi connectivity index (χ4n) is 0.729. The highest BCUT2D eigenvalue weighted by Crippen LogP contribution is 1.89. The summed E-state index contributed by atoms with van der Waals surface area (Å²) in [5, 5.41) is 4.35. The second kappa shape index (κ2) is 3.92.